The summed E-state index contributed by atoms with van der Waals surface area (Å²) < 4.78 is 0. The van der Waals surface area contributed by atoms with Gasteiger partial charge in [-0.3, -0.25) is 0 Å². The van der Waals surface area contributed by atoms with Crippen molar-refractivity contribution in [1.82, 2.24) is 4.98 Å². The summed E-state index contributed by atoms with van der Waals surface area (Å²) in [6.07, 6.45) is 0. The van der Waals surface area contributed by atoms with E-state index in [1.807, 2.05) is 37.3 Å². The summed E-state index contributed by atoms with van der Waals surface area (Å²) in [5.74, 6) is -0.479. The van der Waals surface area contributed by atoms with Gasteiger partial charge in [0.05, 0.1) is 28.3 Å². The number of carboxylic acid groups (broad SMARTS) is 1. The Balaban J connectivity index is 2.10. The van der Waals surface area contributed by atoms with Crippen LogP contribution in [-0.2, 0) is 0 Å². The molecule has 0 unspecified atom stereocenters. The van der Waals surface area contributed by atoms with E-state index in [9.17, 15) is 9.90 Å². The maximum absolute atomic E-state index is 11.6. The first kappa shape index (κ1) is 16.9. The van der Waals surface area contributed by atoms with Gasteiger partial charge in [0.1, 0.15) is 5.84 Å². The predicted octanol–water partition coefficient (Wildman–Crippen LogP) is 4.14. The van der Waals surface area contributed by atoms with E-state index in [4.69, 9.17) is 17.3 Å². The Kier molecular flexibility index (Phi) is 4.67. The van der Waals surface area contributed by atoms with Crippen LogP contribution in [0.25, 0.3) is 22.2 Å². The molecule has 3 rings (SSSR count). The van der Waals surface area contributed by atoms with Crippen LogP contribution < -0.4 is 5.73 Å². The quantitative estimate of drug-likeness (QED) is 0.419. The molecule has 0 radical (unpaired) electrons. The van der Waals surface area contributed by atoms with Gasteiger partial charge in [-0.15, -0.1) is 11.6 Å². The third kappa shape index (κ3) is 3.61. The van der Waals surface area contributed by atoms with Crippen molar-refractivity contribution in [3.63, 3.8) is 0 Å². The monoisotopic (exact) mass is 353 g/mol. The van der Waals surface area contributed by atoms with Gasteiger partial charge in [-0.25, -0.2) is 14.8 Å². The molecule has 2 aromatic carbocycles. The van der Waals surface area contributed by atoms with Gasteiger partial charge in [-0.05, 0) is 37.3 Å². The molecule has 3 N–H and O–H groups in total. The van der Waals surface area contributed by atoms with Crippen molar-refractivity contribution in [3.05, 3.63) is 59.7 Å². The van der Waals surface area contributed by atoms with Crippen molar-refractivity contribution in [1.29, 1.82) is 0 Å². The zero-order valence-corrected chi connectivity index (χ0v) is 14.3. The molecular weight excluding hydrogens is 338 g/mol. The zero-order chi connectivity index (χ0) is 18.0. The molecule has 0 fully saturated rings. The SMILES string of the molecule is Cc1ccc2nc(-c3ccc(N=C(N)CCl)cc3)cc(C(=O)O)c2c1. The number of carbonyl (C=O) groups is 1. The van der Waals surface area contributed by atoms with Crippen LogP contribution >= 0.6 is 11.6 Å². The van der Waals surface area contributed by atoms with E-state index in [0.29, 0.717) is 28.1 Å². The lowest BCUT2D eigenvalue weighted by atomic mass is 10.0. The molecule has 0 atom stereocenters. The van der Waals surface area contributed by atoms with E-state index in [0.717, 1.165) is 11.1 Å². The highest BCUT2D eigenvalue weighted by Gasteiger charge is 2.13. The van der Waals surface area contributed by atoms with Crippen molar-refractivity contribution in [2.45, 2.75) is 6.92 Å². The van der Waals surface area contributed by atoms with Crippen LogP contribution in [0.2, 0.25) is 0 Å². The fourth-order valence-corrected chi connectivity index (χ4v) is 2.63. The van der Waals surface area contributed by atoms with E-state index in [1.54, 1.807) is 18.2 Å². The van der Waals surface area contributed by atoms with Crippen molar-refractivity contribution in [2.75, 3.05) is 5.88 Å². The van der Waals surface area contributed by atoms with E-state index in [1.165, 1.54) is 0 Å². The van der Waals surface area contributed by atoms with Crippen molar-refractivity contribution < 1.29 is 9.90 Å². The number of pyridine rings is 1. The Morgan fingerprint density at radius 1 is 1.20 bits per heavy atom. The Hall–Kier alpha value is -2.92. The van der Waals surface area contributed by atoms with E-state index < -0.39 is 5.97 Å². The molecule has 126 valence electrons. The van der Waals surface area contributed by atoms with Gasteiger partial charge in [-0.1, -0.05) is 23.8 Å². The maximum atomic E-state index is 11.6. The van der Waals surface area contributed by atoms with Gasteiger partial charge in [0.25, 0.3) is 0 Å². The molecule has 0 aliphatic heterocycles. The van der Waals surface area contributed by atoms with Gasteiger partial charge < -0.3 is 10.8 Å². The summed E-state index contributed by atoms with van der Waals surface area (Å²) in [4.78, 5) is 20.4. The van der Waals surface area contributed by atoms with Crippen LogP contribution in [0.4, 0.5) is 5.69 Å². The van der Waals surface area contributed by atoms with Gasteiger partial charge >= 0.3 is 5.97 Å². The molecule has 25 heavy (non-hydrogen) atoms. The number of fused-ring (bicyclic) bond motifs is 1. The Bertz CT molecular complexity index is 982. The number of amidine groups is 1. The highest BCUT2D eigenvalue weighted by molar-refractivity contribution is 6.28. The van der Waals surface area contributed by atoms with Crippen molar-refractivity contribution in [3.8, 4) is 11.3 Å². The van der Waals surface area contributed by atoms with Crippen molar-refractivity contribution >= 4 is 40.0 Å². The number of aromatic carboxylic acids is 1. The second-order valence-corrected chi connectivity index (χ2v) is 5.93. The summed E-state index contributed by atoms with van der Waals surface area (Å²) in [6.45, 7) is 1.92. The van der Waals surface area contributed by atoms with Crippen LogP contribution in [0.3, 0.4) is 0 Å². The average molecular weight is 354 g/mol. The molecular formula is C19H16ClN3O2. The normalized spacial score (nSPS) is 11.7. The number of hydrogen-bond acceptors (Lipinski definition) is 3. The molecule has 0 bridgehead atoms. The number of aromatic nitrogens is 1. The van der Waals surface area contributed by atoms with Crippen LogP contribution in [0, 0.1) is 6.92 Å². The highest BCUT2D eigenvalue weighted by Crippen LogP contribution is 2.27. The van der Waals surface area contributed by atoms with Crippen LogP contribution in [0.1, 0.15) is 15.9 Å². The number of aliphatic imine (C=N–C) groups is 1. The standard InChI is InChI=1S/C19H16ClN3O2/c1-11-2-7-16-14(8-11)15(19(24)25)9-17(23-16)12-3-5-13(6-4-12)22-18(21)10-20/h2-9H,10H2,1H3,(H2,21,22)(H,24,25). The minimum absolute atomic E-state index is 0.162. The van der Waals surface area contributed by atoms with Crippen LogP contribution in [0.15, 0.2) is 53.5 Å². The summed E-state index contributed by atoms with van der Waals surface area (Å²) >= 11 is 5.62. The summed E-state index contributed by atoms with van der Waals surface area (Å²) in [7, 11) is 0. The molecule has 0 aliphatic carbocycles. The maximum Gasteiger partial charge on any atom is 0.336 e. The molecule has 5 nitrogen and oxygen atoms in total. The minimum Gasteiger partial charge on any atom is -0.478 e. The third-order valence-electron chi connectivity index (χ3n) is 3.77. The number of nitrogens with two attached hydrogens (primary N) is 1. The number of alkyl halides is 1. The number of hydrogen-bond donors (Lipinski definition) is 2. The Morgan fingerprint density at radius 2 is 1.92 bits per heavy atom. The van der Waals surface area contributed by atoms with Gasteiger partial charge in [0, 0.05) is 10.9 Å². The lowest BCUT2D eigenvalue weighted by molar-refractivity contribution is 0.0699. The zero-order valence-electron chi connectivity index (χ0n) is 13.5. The van der Waals surface area contributed by atoms with E-state index in [-0.39, 0.29) is 11.4 Å². The molecule has 0 aliphatic rings. The fourth-order valence-electron chi connectivity index (χ4n) is 2.57. The number of aryl methyl sites for hydroxylation is 1. The van der Waals surface area contributed by atoms with Crippen LogP contribution in [0.5, 0.6) is 0 Å². The predicted molar refractivity (Wildman–Crippen MR) is 101 cm³/mol. The summed E-state index contributed by atoms with van der Waals surface area (Å²) in [5.41, 5.74) is 9.56. The highest BCUT2D eigenvalue weighted by atomic mass is 35.5. The number of rotatable bonds is 4. The molecule has 1 aromatic heterocycles. The summed E-state index contributed by atoms with van der Waals surface area (Å²) in [5, 5.41) is 10.2. The van der Waals surface area contributed by atoms with E-state index >= 15 is 0 Å². The molecule has 1 heterocycles. The number of nitrogens with zero attached hydrogens (tertiary/aromatic N) is 2. The first-order valence-electron chi connectivity index (χ1n) is 7.62. The molecule has 6 heteroatoms. The fraction of sp³-hybridized carbons (Fsp3) is 0.105. The van der Waals surface area contributed by atoms with Gasteiger partial charge in [0.15, 0.2) is 0 Å². The minimum atomic E-state index is -0.977. The topological polar surface area (TPSA) is 88.6 Å². The van der Waals surface area contributed by atoms with Crippen molar-refractivity contribution in [2.24, 2.45) is 10.7 Å². The Labute approximate surface area is 149 Å². The number of halogens is 1. The van der Waals surface area contributed by atoms with Gasteiger partial charge in [-0.2, -0.15) is 0 Å². The number of carboxylic acids is 1. The van der Waals surface area contributed by atoms with Gasteiger partial charge in [0.2, 0.25) is 0 Å². The molecule has 0 spiro atoms. The van der Waals surface area contributed by atoms with E-state index in [2.05, 4.69) is 9.98 Å². The molecule has 0 saturated carbocycles. The number of benzene rings is 2. The third-order valence-corrected chi connectivity index (χ3v) is 4.04. The first-order valence-corrected chi connectivity index (χ1v) is 8.15. The lowest BCUT2D eigenvalue weighted by Crippen LogP contribution is -2.12. The second kappa shape index (κ2) is 6.91. The average Bonchev–Trinajstić information content (AvgIpc) is 2.61. The molecule has 0 saturated heterocycles. The molecule has 3 aromatic rings. The first-order chi connectivity index (χ1) is 12.0. The van der Waals surface area contributed by atoms with Crippen LogP contribution in [-0.4, -0.2) is 27.8 Å². The lowest BCUT2D eigenvalue weighted by Gasteiger charge is -2.08. The Morgan fingerprint density at radius 3 is 2.56 bits per heavy atom. The molecule has 0 amide bonds. The second-order valence-electron chi connectivity index (χ2n) is 5.66. The largest absolute Gasteiger partial charge is 0.478 e. The smallest absolute Gasteiger partial charge is 0.336 e. The summed E-state index contributed by atoms with van der Waals surface area (Å²) in [6, 6.07) is 14.4.